The molecule has 0 amide bonds. The third kappa shape index (κ3) is 2.95. The van der Waals surface area contributed by atoms with Gasteiger partial charge in [0.05, 0.1) is 17.5 Å². The number of sulfonamides is 1. The lowest BCUT2D eigenvalue weighted by molar-refractivity contribution is 0.344. The van der Waals surface area contributed by atoms with Gasteiger partial charge in [0.15, 0.2) is 0 Å². The Morgan fingerprint density at radius 3 is 2.85 bits per heavy atom. The van der Waals surface area contributed by atoms with Crippen LogP contribution in [0.2, 0.25) is 0 Å². The summed E-state index contributed by atoms with van der Waals surface area (Å²) in [7, 11) is -3.73. The number of aryl methyl sites for hydroxylation is 1. The van der Waals surface area contributed by atoms with Crippen molar-refractivity contribution in [3.05, 3.63) is 48.5 Å². The Labute approximate surface area is 152 Å². The lowest BCUT2D eigenvalue weighted by Crippen LogP contribution is -2.33. The van der Waals surface area contributed by atoms with Gasteiger partial charge in [-0.15, -0.1) is 0 Å². The van der Waals surface area contributed by atoms with Crippen LogP contribution in [0, 0.1) is 0 Å². The van der Waals surface area contributed by atoms with E-state index in [1.54, 1.807) is 22.9 Å². The molecular formula is C18H20N4O3S. The van der Waals surface area contributed by atoms with Gasteiger partial charge in [-0.2, -0.15) is 5.10 Å². The number of nitrogens with zero attached hydrogens (tertiary/aromatic N) is 3. The minimum atomic E-state index is -3.73. The topological polar surface area (TPSA) is 86.1 Å². The van der Waals surface area contributed by atoms with Crippen LogP contribution in [-0.4, -0.2) is 29.8 Å². The lowest BCUT2D eigenvalue weighted by atomic mass is 10.1. The minimum absolute atomic E-state index is 0.244. The number of ether oxygens (including phenoxy) is 1. The summed E-state index contributed by atoms with van der Waals surface area (Å²) >= 11 is 0. The number of fused-ring (bicyclic) bond motifs is 2. The van der Waals surface area contributed by atoms with Crippen LogP contribution in [-0.2, 0) is 16.6 Å². The van der Waals surface area contributed by atoms with Crippen molar-refractivity contribution >= 4 is 20.8 Å². The first-order valence-corrected chi connectivity index (χ1v) is 10.1. The fraction of sp³-hybridized carbons (Fsp3) is 0.333. The summed E-state index contributed by atoms with van der Waals surface area (Å²) in [5.41, 5.74) is 0. The van der Waals surface area contributed by atoms with E-state index in [0.29, 0.717) is 30.0 Å². The van der Waals surface area contributed by atoms with Gasteiger partial charge < -0.3 is 4.74 Å². The number of nitrogens with one attached hydrogen (secondary N) is 1. The zero-order chi connectivity index (χ0) is 18.1. The molecule has 1 unspecified atom stereocenters. The minimum Gasteiger partial charge on any atom is -0.493 e. The highest BCUT2D eigenvalue weighted by Gasteiger charge is 2.28. The maximum atomic E-state index is 13.1. The zero-order valence-corrected chi connectivity index (χ0v) is 15.2. The first kappa shape index (κ1) is 17.0. The molecule has 1 aromatic heterocycles. The van der Waals surface area contributed by atoms with Gasteiger partial charge in [-0.05, 0) is 31.9 Å². The summed E-state index contributed by atoms with van der Waals surface area (Å²) in [6.45, 7) is 3.19. The fourth-order valence-corrected chi connectivity index (χ4v) is 4.85. The van der Waals surface area contributed by atoms with Gasteiger partial charge in [0.25, 0.3) is 0 Å². The van der Waals surface area contributed by atoms with Crippen molar-refractivity contribution in [1.29, 1.82) is 0 Å². The number of hydrogen-bond acceptors (Lipinski definition) is 5. The van der Waals surface area contributed by atoms with E-state index < -0.39 is 10.0 Å². The van der Waals surface area contributed by atoms with Crippen LogP contribution in [0.4, 0.5) is 0 Å². The van der Waals surface area contributed by atoms with Crippen LogP contribution in [0.25, 0.3) is 10.8 Å². The quantitative estimate of drug-likeness (QED) is 0.744. The van der Waals surface area contributed by atoms with Crippen LogP contribution < -0.4 is 9.46 Å². The van der Waals surface area contributed by atoms with E-state index in [1.807, 2.05) is 25.1 Å². The van der Waals surface area contributed by atoms with Crippen molar-refractivity contribution in [2.24, 2.45) is 0 Å². The second kappa shape index (κ2) is 6.69. The predicted molar refractivity (Wildman–Crippen MR) is 97.4 cm³/mol. The summed E-state index contributed by atoms with van der Waals surface area (Å²) in [5.74, 6) is 1.34. The van der Waals surface area contributed by atoms with Crippen LogP contribution in [0.1, 0.15) is 31.6 Å². The van der Waals surface area contributed by atoms with Gasteiger partial charge in [-0.3, -0.25) is 0 Å². The Kier molecular flexibility index (Phi) is 4.37. The van der Waals surface area contributed by atoms with Crippen LogP contribution in [0.5, 0.6) is 5.75 Å². The van der Waals surface area contributed by atoms with E-state index in [-0.39, 0.29) is 10.9 Å². The number of benzene rings is 2. The van der Waals surface area contributed by atoms with Crippen molar-refractivity contribution in [3.63, 3.8) is 0 Å². The first-order chi connectivity index (χ1) is 12.6. The molecule has 4 rings (SSSR count). The van der Waals surface area contributed by atoms with Gasteiger partial charge in [-0.25, -0.2) is 22.8 Å². The first-order valence-electron chi connectivity index (χ1n) is 8.64. The Morgan fingerprint density at radius 2 is 2.04 bits per heavy atom. The van der Waals surface area contributed by atoms with E-state index >= 15 is 0 Å². The molecule has 2 heterocycles. The van der Waals surface area contributed by atoms with Crippen molar-refractivity contribution in [2.45, 2.75) is 37.2 Å². The molecule has 0 saturated carbocycles. The third-order valence-electron chi connectivity index (χ3n) is 4.55. The highest BCUT2D eigenvalue weighted by molar-refractivity contribution is 7.89. The molecule has 0 radical (unpaired) electrons. The second-order valence-electron chi connectivity index (χ2n) is 6.20. The molecule has 3 aromatic rings. The summed E-state index contributed by atoms with van der Waals surface area (Å²) in [4.78, 5) is 4.47. The molecule has 2 aromatic carbocycles. The van der Waals surface area contributed by atoms with E-state index in [1.165, 1.54) is 6.33 Å². The van der Waals surface area contributed by atoms with Gasteiger partial charge in [-0.1, -0.05) is 24.3 Å². The molecule has 0 aliphatic carbocycles. The zero-order valence-electron chi connectivity index (χ0n) is 14.4. The molecule has 1 atom stereocenters. The Balaban J connectivity index is 1.75. The Morgan fingerprint density at radius 1 is 1.23 bits per heavy atom. The number of aromatic nitrogens is 3. The largest absolute Gasteiger partial charge is 0.493 e. The molecule has 0 spiro atoms. The third-order valence-corrected chi connectivity index (χ3v) is 6.08. The van der Waals surface area contributed by atoms with Crippen LogP contribution in [0.15, 0.2) is 47.6 Å². The van der Waals surface area contributed by atoms with Crippen LogP contribution >= 0.6 is 0 Å². The van der Waals surface area contributed by atoms with Gasteiger partial charge in [0.1, 0.15) is 17.9 Å². The summed E-state index contributed by atoms with van der Waals surface area (Å²) < 4.78 is 36.4. The average molecular weight is 372 g/mol. The maximum Gasteiger partial charge on any atom is 0.241 e. The molecule has 1 aliphatic heterocycles. The molecule has 136 valence electrons. The molecular weight excluding hydrogens is 352 g/mol. The van der Waals surface area contributed by atoms with Crippen molar-refractivity contribution in [2.75, 3.05) is 6.61 Å². The summed E-state index contributed by atoms with van der Waals surface area (Å²) in [5, 5.41) is 5.57. The normalized spacial score (nSPS) is 17.2. The van der Waals surface area contributed by atoms with Crippen molar-refractivity contribution < 1.29 is 13.2 Å². The fourth-order valence-electron chi connectivity index (χ4n) is 3.41. The highest BCUT2D eigenvalue weighted by atomic mass is 32.2. The van der Waals surface area contributed by atoms with E-state index in [9.17, 15) is 8.42 Å². The van der Waals surface area contributed by atoms with Gasteiger partial charge >= 0.3 is 0 Å². The standard InChI is InChI=1S/C18H20N4O3S/c1-2-25-16-9-10-17(14-7-4-3-6-13(14)16)26(23,24)21-15-8-5-11-22-18(15)19-12-20-22/h3-4,6-7,9-10,12,15,21H,2,5,8,11H2,1H3. The molecule has 0 saturated heterocycles. The summed E-state index contributed by atoms with van der Waals surface area (Å²) in [6, 6.07) is 10.3. The lowest BCUT2D eigenvalue weighted by Gasteiger charge is -2.23. The molecule has 8 heteroatoms. The van der Waals surface area contributed by atoms with Gasteiger partial charge in [0, 0.05) is 17.3 Å². The molecule has 1 aliphatic rings. The smallest absolute Gasteiger partial charge is 0.241 e. The predicted octanol–water partition coefficient (Wildman–Crippen LogP) is 2.64. The highest BCUT2D eigenvalue weighted by Crippen LogP contribution is 2.32. The van der Waals surface area contributed by atoms with E-state index in [4.69, 9.17) is 4.74 Å². The van der Waals surface area contributed by atoms with Crippen LogP contribution in [0.3, 0.4) is 0 Å². The number of hydrogen-bond donors (Lipinski definition) is 1. The van der Waals surface area contributed by atoms with E-state index in [0.717, 1.165) is 18.4 Å². The Bertz CT molecular complexity index is 1050. The van der Waals surface area contributed by atoms with E-state index in [2.05, 4.69) is 14.8 Å². The van der Waals surface area contributed by atoms with Crippen molar-refractivity contribution in [1.82, 2.24) is 19.5 Å². The van der Waals surface area contributed by atoms with Gasteiger partial charge in [0.2, 0.25) is 10.0 Å². The molecule has 0 bridgehead atoms. The number of rotatable bonds is 5. The van der Waals surface area contributed by atoms with Crippen molar-refractivity contribution in [3.8, 4) is 5.75 Å². The molecule has 26 heavy (non-hydrogen) atoms. The summed E-state index contributed by atoms with van der Waals surface area (Å²) in [6.07, 6.45) is 3.02. The average Bonchev–Trinajstić information content (AvgIpc) is 3.12. The second-order valence-corrected chi connectivity index (χ2v) is 7.88. The molecule has 0 fully saturated rings. The molecule has 7 nitrogen and oxygen atoms in total. The SMILES string of the molecule is CCOc1ccc(S(=O)(=O)NC2CCCn3ncnc32)c2ccccc12. The Hall–Kier alpha value is -2.45. The molecule has 1 N–H and O–H groups in total. The monoisotopic (exact) mass is 372 g/mol. The maximum absolute atomic E-state index is 13.1.